The Kier molecular flexibility index (Phi) is 6.20. The van der Waals surface area contributed by atoms with E-state index >= 15 is 0 Å². The van der Waals surface area contributed by atoms with Crippen LogP contribution in [0.2, 0.25) is 30.7 Å². The van der Waals surface area contributed by atoms with Crippen molar-refractivity contribution < 1.29 is 9.47 Å². The molecule has 3 aromatic heterocycles. The quantitative estimate of drug-likeness (QED) is 0.396. The highest BCUT2D eigenvalue weighted by Gasteiger charge is 2.22. The molecular weight excluding hydrogens is 418 g/mol. The highest BCUT2D eigenvalue weighted by Crippen LogP contribution is 2.30. The summed E-state index contributed by atoms with van der Waals surface area (Å²) in [6.45, 7) is 12.6. The van der Waals surface area contributed by atoms with Gasteiger partial charge in [0.15, 0.2) is 5.82 Å². The number of fused-ring (bicyclic) bond motifs is 1. The van der Waals surface area contributed by atoms with E-state index in [1.165, 1.54) is 0 Å². The summed E-state index contributed by atoms with van der Waals surface area (Å²) in [6.07, 6.45) is 3.90. The summed E-state index contributed by atoms with van der Waals surface area (Å²) in [5, 5.41) is 6.29. The van der Waals surface area contributed by atoms with Crippen LogP contribution in [0.4, 0.5) is 5.82 Å². The molecule has 1 aliphatic heterocycles. The van der Waals surface area contributed by atoms with Crippen molar-refractivity contribution in [3.05, 3.63) is 35.6 Å². The van der Waals surface area contributed by atoms with Crippen molar-refractivity contribution in [2.75, 3.05) is 31.3 Å². The van der Waals surface area contributed by atoms with Gasteiger partial charge >= 0.3 is 0 Å². The van der Waals surface area contributed by atoms with E-state index in [4.69, 9.17) is 26.1 Å². The Hall–Kier alpha value is -1.87. The summed E-state index contributed by atoms with van der Waals surface area (Å²) in [4.78, 5) is 7.18. The molecule has 0 spiro atoms. The lowest BCUT2D eigenvalue weighted by Gasteiger charge is -2.34. The normalized spacial score (nSPS) is 17.8. The van der Waals surface area contributed by atoms with Crippen LogP contribution in [0.1, 0.15) is 6.92 Å². The van der Waals surface area contributed by atoms with Gasteiger partial charge in [0.25, 0.3) is 0 Å². The van der Waals surface area contributed by atoms with Crippen LogP contribution in [0, 0.1) is 0 Å². The van der Waals surface area contributed by atoms with Crippen molar-refractivity contribution >= 4 is 36.5 Å². The SMILES string of the molecule is C[C@@H]1COCCN1c1cc(Cl)c2ccn(-c3ccn(COCC[Si](C)(C)C)n3)c2n1. The molecule has 4 rings (SSSR count). The molecule has 4 heterocycles. The number of halogens is 1. The van der Waals surface area contributed by atoms with E-state index in [-0.39, 0.29) is 6.04 Å². The van der Waals surface area contributed by atoms with Crippen LogP contribution in [-0.2, 0) is 16.2 Å². The number of aromatic nitrogens is 4. The molecule has 0 unspecified atom stereocenters. The van der Waals surface area contributed by atoms with Crippen LogP contribution in [0.15, 0.2) is 30.6 Å². The van der Waals surface area contributed by atoms with E-state index in [1.54, 1.807) is 0 Å². The molecule has 30 heavy (non-hydrogen) atoms. The predicted molar refractivity (Wildman–Crippen MR) is 124 cm³/mol. The maximum atomic E-state index is 6.60. The van der Waals surface area contributed by atoms with Crippen LogP contribution in [0.25, 0.3) is 16.9 Å². The molecule has 7 nitrogen and oxygen atoms in total. The lowest BCUT2D eigenvalue weighted by Crippen LogP contribution is -2.44. The zero-order chi connectivity index (χ0) is 21.3. The molecule has 1 fully saturated rings. The molecule has 1 saturated heterocycles. The molecular formula is C21H30ClN5O2Si. The minimum Gasteiger partial charge on any atom is -0.377 e. The second-order valence-electron chi connectivity index (χ2n) is 9.06. The highest BCUT2D eigenvalue weighted by molar-refractivity contribution is 6.76. The molecule has 0 bridgehead atoms. The van der Waals surface area contributed by atoms with Gasteiger partial charge in [-0.15, -0.1) is 0 Å². The van der Waals surface area contributed by atoms with Gasteiger partial charge in [-0.25, -0.2) is 9.67 Å². The average molecular weight is 448 g/mol. The van der Waals surface area contributed by atoms with Gasteiger partial charge in [-0.05, 0) is 19.0 Å². The van der Waals surface area contributed by atoms with Crippen molar-refractivity contribution in [2.45, 2.75) is 45.4 Å². The molecule has 0 saturated carbocycles. The first-order chi connectivity index (χ1) is 14.3. The van der Waals surface area contributed by atoms with E-state index in [9.17, 15) is 0 Å². The lowest BCUT2D eigenvalue weighted by molar-refractivity contribution is 0.0785. The second kappa shape index (κ2) is 8.70. The first-order valence-corrected chi connectivity index (χ1v) is 14.5. The fourth-order valence-electron chi connectivity index (χ4n) is 3.54. The van der Waals surface area contributed by atoms with Crippen LogP contribution < -0.4 is 4.90 Å². The molecule has 1 aliphatic rings. The van der Waals surface area contributed by atoms with Crippen LogP contribution >= 0.6 is 11.6 Å². The minimum absolute atomic E-state index is 0.260. The first kappa shape index (κ1) is 21.4. The number of morpholine rings is 1. The van der Waals surface area contributed by atoms with Crippen LogP contribution in [-0.4, -0.2) is 59.8 Å². The fourth-order valence-corrected chi connectivity index (χ4v) is 4.55. The molecule has 0 radical (unpaired) electrons. The molecule has 0 aliphatic carbocycles. The standard InChI is InChI=1S/C21H30ClN5O2Si/c1-16-14-28-10-9-26(16)20-13-18(22)17-5-8-27(21(17)23-20)19-6-7-25(24-19)15-29-11-12-30(2,3)4/h5-8,13,16H,9-12,14-15H2,1-4H3/t16-/m1/s1. The zero-order valence-corrected chi connectivity index (χ0v) is 19.9. The van der Waals surface area contributed by atoms with Crippen LogP contribution in [0.3, 0.4) is 0 Å². The van der Waals surface area contributed by atoms with Crippen LogP contribution in [0.5, 0.6) is 0 Å². The zero-order valence-electron chi connectivity index (χ0n) is 18.1. The van der Waals surface area contributed by atoms with Gasteiger partial charge < -0.3 is 14.4 Å². The Morgan fingerprint density at radius 3 is 2.83 bits per heavy atom. The first-order valence-electron chi connectivity index (χ1n) is 10.5. The van der Waals surface area contributed by atoms with Crippen molar-refractivity contribution in [2.24, 2.45) is 0 Å². The van der Waals surface area contributed by atoms with Crippen molar-refractivity contribution in [3.63, 3.8) is 0 Å². The largest absolute Gasteiger partial charge is 0.377 e. The van der Waals surface area contributed by atoms with Crippen molar-refractivity contribution in [3.8, 4) is 5.82 Å². The van der Waals surface area contributed by atoms with Gasteiger partial charge in [-0.3, -0.25) is 4.57 Å². The van der Waals surface area contributed by atoms with E-state index in [2.05, 4.69) is 36.6 Å². The van der Waals surface area contributed by atoms with E-state index in [0.717, 1.165) is 41.9 Å². The monoisotopic (exact) mass is 447 g/mol. The summed E-state index contributed by atoms with van der Waals surface area (Å²) in [5.74, 6) is 1.67. The smallest absolute Gasteiger partial charge is 0.160 e. The molecule has 3 aromatic rings. The van der Waals surface area contributed by atoms with Gasteiger partial charge in [-0.1, -0.05) is 31.2 Å². The highest BCUT2D eigenvalue weighted by atomic mass is 35.5. The minimum atomic E-state index is -1.09. The lowest BCUT2D eigenvalue weighted by atomic mass is 10.2. The maximum Gasteiger partial charge on any atom is 0.160 e. The summed E-state index contributed by atoms with van der Waals surface area (Å²) in [7, 11) is -1.09. The molecule has 1 atom stereocenters. The third-order valence-electron chi connectivity index (χ3n) is 5.35. The van der Waals surface area contributed by atoms with Crippen molar-refractivity contribution in [1.29, 1.82) is 0 Å². The molecule has 0 aromatic carbocycles. The van der Waals surface area contributed by atoms with Gasteiger partial charge in [0.1, 0.15) is 18.2 Å². The third kappa shape index (κ3) is 4.72. The van der Waals surface area contributed by atoms with E-state index in [0.29, 0.717) is 25.0 Å². The molecule has 162 valence electrons. The number of nitrogens with zero attached hydrogens (tertiary/aromatic N) is 5. The summed E-state index contributed by atoms with van der Waals surface area (Å²) in [5.41, 5.74) is 0.807. The topological polar surface area (TPSA) is 57.3 Å². The molecule has 0 N–H and O–H groups in total. The Bertz CT molecular complexity index is 1010. The maximum absolute atomic E-state index is 6.60. The Morgan fingerprint density at radius 1 is 1.23 bits per heavy atom. The average Bonchev–Trinajstić information content (AvgIpc) is 3.31. The van der Waals surface area contributed by atoms with Gasteiger partial charge in [0, 0.05) is 51.1 Å². The molecule has 9 heteroatoms. The summed E-state index contributed by atoms with van der Waals surface area (Å²) in [6, 6.07) is 7.31. The predicted octanol–water partition coefficient (Wildman–Crippen LogP) is 4.41. The molecule has 0 amide bonds. The number of ether oxygens (including phenoxy) is 2. The Balaban J connectivity index is 1.55. The number of hydrogen-bond donors (Lipinski definition) is 0. The van der Waals surface area contributed by atoms with Crippen molar-refractivity contribution in [1.82, 2.24) is 19.3 Å². The number of hydrogen-bond acceptors (Lipinski definition) is 5. The third-order valence-corrected chi connectivity index (χ3v) is 7.37. The van der Waals surface area contributed by atoms with Gasteiger partial charge in [0.2, 0.25) is 0 Å². The summed E-state index contributed by atoms with van der Waals surface area (Å²) < 4.78 is 15.2. The number of anilines is 1. The van der Waals surface area contributed by atoms with Gasteiger partial charge in [0.05, 0.1) is 24.3 Å². The second-order valence-corrected chi connectivity index (χ2v) is 15.1. The van der Waals surface area contributed by atoms with Gasteiger partial charge in [-0.2, -0.15) is 5.10 Å². The Labute approximate surface area is 183 Å². The summed E-state index contributed by atoms with van der Waals surface area (Å²) >= 11 is 6.60. The Morgan fingerprint density at radius 2 is 2.07 bits per heavy atom. The van der Waals surface area contributed by atoms with E-state index < -0.39 is 8.07 Å². The number of rotatable bonds is 7. The number of pyridine rings is 1. The van der Waals surface area contributed by atoms with E-state index in [1.807, 2.05) is 39.8 Å². The fraction of sp³-hybridized carbons (Fsp3) is 0.524.